The lowest BCUT2D eigenvalue weighted by Crippen LogP contribution is -2.15. The van der Waals surface area contributed by atoms with E-state index < -0.39 is 12.1 Å². The number of aliphatic hydroxyl groups is 1. The summed E-state index contributed by atoms with van der Waals surface area (Å²) in [5, 5.41) is 8.90. The van der Waals surface area contributed by atoms with Crippen molar-refractivity contribution in [3.63, 3.8) is 0 Å². The molecule has 0 aliphatic carbocycles. The van der Waals surface area contributed by atoms with Crippen LogP contribution in [0.15, 0.2) is 24.3 Å². The molecule has 0 fully saturated rings. The normalized spacial score (nSPS) is 12.1. The van der Waals surface area contributed by atoms with Crippen molar-refractivity contribution in [3.8, 4) is 0 Å². The van der Waals surface area contributed by atoms with Gasteiger partial charge in [0, 0.05) is 5.69 Å². The fraction of sp³-hybridized carbons (Fsp3) is 0.300. The smallest absolute Gasteiger partial charge is 0.338 e. The number of esters is 1. The summed E-state index contributed by atoms with van der Waals surface area (Å²) in [4.78, 5) is 11.3. The SMILES string of the molecule is CC(O)COC(=O)c1ccc(N)cc1. The zero-order valence-corrected chi connectivity index (χ0v) is 7.93. The van der Waals surface area contributed by atoms with Crippen LogP contribution in [0.3, 0.4) is 0 Å². The second kappa shape index (κ2) is 4.62. The molecule has 0 saturated heterocycles. The molecule has 0 aliphatic heterocycles. The molecule has 0 heterocycles. The van der Waals surface area contributed by atoms with Gasteiger partial charge < -0.3 is 15.6 Å². The van der Waals surface area contributed by atoms with Gasteiger partial charge in [0.15, 0.2) is 0 Å². The summed E-state index contributed by atoms with van der Waals surface area (Å²) in [5.41, 5.74) is 6.48. The van der Waals surface area contributed by atoms with Crippen molar-refractivity contribution in [3.05, 3.63) is 29.8 Å². The van der Waals surface area contributed by atoms with E-state index in [4.69, 9.17) is 15.6 Å². The summed E-state index contributed by atoms with van der Waals surface area (Å²) < 4.78 is 4.80. The van der Waals surface area contributed by atoms with Gasteiger partial charge in [0.25, 0.3) is 0 Å². The molecule has 1 unspecified atom stereocenters. The van der Waals surface area contributed by atoms with Crippen molar-refractivity contribution < 1.29 is 14.6 Å². The lowest BCUT2D eigenvalue weighted by atomic mass is 10.2. The number of benzene rings is 1. The number of anilines is 1. The fourth-order valence-corrected chi connectivity index (χ4v) is 0.899. The van der Waals surface area contributed by atoms with Gasteiger partial charge in [0.2, 0.25) is 0 Å². The van der Waals surface area contributed by atoms with Gasteiger partial charge in [-0.15, -0.1) is 0 Å². The number of hydrogen-bond donors (Lipinski definition) is 2. The summed E-state index contributed by atoms with van der Waals surface area (Å²) in [7, 11) is 0. The molecule has 4 nitrogen and oxygen atoms in total. The summed E-state index contributed by atoms with van der Waals surface area (Å²) in [6.07, 6.45) is -0.646. The minimum Gasteiger partial charge on any atom is -0.459 e. The van der Waals surface area contributed by atoms with Gasteiger partial charge in [0.05, 0.1) is 11.7 Å². The molecule has 0 amide bonds. The van der Waals surface area contributed by atoms with E-state index >= 15 is 0 Å². The molecule has 0 radical (unpaired) electrons. The van der Waals surface area contributed by atoms with E-state index in [1.807, 2.05) is 0 Å². The van der Waals surface area contributed by atoms with Gasteiger partial charge in [-0.3, -0.25) is 0 Å². The Kier molecular flexibility index (Phi) is 3.48. The average Bonchev–Trinajstić information content (AvgIpc) is 2.15. The Morgan fingerprint density at radius 1 is 1.50 bits per heavy atom. The minimum atomic E-state index is -0.646. The van der Waals surface area contributed by atoms with Crippen molar-refractivity contribution in [1.82, 2.24) is 0 Å². The van der Waals surface area contributed by atoms with Crippen molar-refractivity contribution in [2.24, 2.45) is 0 Å². The van der Waals surface area contributed by atoms with Gasteiger partial charge in [-0.25, -0.2) is 4.79 Å². The van der Waals surface area contributed by atoms with Crippen molar-refractivity contribution >= 4 is 11.7 Å². The molecule has 1 aromatic rings. The topological polar surface area (TPSA) is 72.5 Å². The van der Waals surface area contributed by atoms with Crippen LogP contribution in [-0.2, 0) is 4.74 Å². The molecule has 4 heteroatoms. The van der Waals surface area contributed by atoms with Gasteiger partial charge in [-0.2, -0.15) is 0 Å². The second-order valence-electron chi connectivity index (χ2n) is 3.07. The molecular weight excluding hydrogens is 182 g/mol. The van der Waals surface area contributed by atoms with Crippen LogP contribution in [-0.4, -0.2) is 23.8 Å². The van der Waals surface area contributed by atoms with Gasteiger partial charge in [0.1, 0.15) is 6.61 Å². The number of hydrogen-bond acceptors (Lipinski definition) is 4. The van der Waals surface area contributed by atoms with Crippen LogP contribution in [0.2, 0.25) is 0 Å². The number of carbonyl (C=O) groups excluding carboxylic acids is 1. The van der Waals surface area contributed by atoms with Crippen LogP contribution in [0, 0.1) is 0 Å². The van der Waals surface area contributed by atoms with Crippen molar-refractivity contribution in [2.75, 3.05) is 12.3 Å². The van der Waals surface area contributed by atoms with E-state index in [1.54, 1.807) is 31.2 Å². The number of nitrogen functional groups attached to an aromatic ring is 1. The monoisotopic (exact) mass is 195 g/mol. The number of ether oxygens (including phenoxy) is 1. The zero-order valence-electron chi connectivity index (χ0n) is 7.93. The highest BCUT2D eigenvalue weighted by molar-refractivity contribution is 5.89. The number of aliphatic hydroxyl groups excluding tert-OH is 1. The lowest BCUT2D eigenvalue weighted by Gasteiger charge is -2.06. The zero-order chi connectivity index (χ0) is 10.6. The molecule has 0 aliphatic rings. The third-order valence-electron chi connectivity index (χ3n) is 1.60. The number of carbonyl (C=O) groups is 1. The largest absolute Gasteiger partial charge is 0.459 e. The molecule has 1 atom stereocenters. The standard InChI is InChI=1S/C10H13NO3/c1-7(12)6-14-10(13)8-2-4-9(11)5-3-8/h2-5,7,12H,6,11H2,1H3. The predicted octanol–water partition coefficient (Wildman–Crippen LogP) is 0.806. The van der Waals surface area contributed by atoms with Crippen LogP contribution in [0.25, 0.3) is 0 Å². The van der Waals surface area contributed by atoms with Crippen LogP contribution < -0.4 is 5.73 Å². The molecule has 1 aromatic carbocycles. The molecule has 0 aromatic heterocycles. The predicted molar refractivity (Wildman–Crippen MR) is 52.8 cm³/mol. The highest BCUT2D eigenvalue weighted by Gasteiger charge is 2.07. The molecule has 76 valence electrons. The number of rotatable bonds is 3. The quantitative estimate of drug-likeness (QED) is 0.553. The highest BCUT2D eigenvalue weighted by Crippen LogP contribution is 2.06. The second-order valence-corrected chi connectivity index (χ2v) is 3.07. The van der Waals surface area contributed by atoms with Crippen LogP contribution in [0.4, 0.5) is 5.69 Å². The van der Waals surface area contributed by atoms with Crippen LogP contribution >= 0.6 is 0 Å². The molecule has 0 spiro atoms. The third kappa shape index (κ3) is 3.06. The van der Waals surface area contributed by atoms with Crippen LogP contribution in [0.5, 0.6) is 0 Å². The summed E-state index contributed by atoms with van der Waals surface area (Å²) in [6.45, 7) is 1.56. The molecule has 14 heavy (non-hydrogen) atoms. The maximum absolute atomic E-state index is 11.3. The van der Waals surface area contributed by atoms with Gasteiger partial charge >= 0.3 is 5.97 Å². The first-order valence-electron chi connectivity index (χ1n) is 4.30. The molecule has 3 N–H and O–H groups in total. The maximum Gasteiger partial charge on any atom is 0.338 e. The Morgan fingerprint density at radius 2 is 2.07 bits per heavy atom. The molecular formula is C10H13NO3. The first-order valence-corrected chi connectivity index (χ1v) is 4.30. The third-order valence-corrected chi connectivity index (χ3v) is 1.60. The Hall–Kier alpha value is -1.55. The first-order chi connectivity index (χ1) is 6.59. The summed E-state index contributed by atoms with van der Waals surface area (Å²) in [6, 6.07) is 6.41. The number of nitrogens with two attached hydrogens (primary N) is 1. The highest BCUT2D eigenvalue weighted by atomic mass is 16.5. The minimum absolute atomic E-state index is 0.00318. The average molecular weight is 195 g/mol. The molecule has 0 bridgehead atoms. The molecule has 1 rings (SSSR count). The van der Waals surface area contributed by atoms with Crippen molar-refractivity contribution in [2.45, 2.75) is 13.0 Å². The molecule has 0 saturated carbocycles. The van der Waals surface area contributed by atoms with E-state index in [2.05, 4.69) is 0 Å². The Bertz CT molecular complexity index is 306. The Labute approximate surface area is 82.3 Å². The van der Waals surface area contributed by atoms with Crippen molar-refractivity contribution in [1.29, 1.82) is 0 Å². The van der Waals surface area contributed by atoms with Crippen LogP contribution in [0.1, 0.15) is 17.3 Å². The van der Waals surface area contributed by atoms with E-state index in [0.717, 1.165) is 0 Å². The Balaban J connectivity index is 2.57. The van der Waals surface area contributed by atoms with Gasteiger partial charge in [-0.05, 0) is 31.2 Å². The summed E-state index contributed by atoms with van der Waals surface area (Å²) in [5.74, 6) is -0.453. The first kappa shape index (κ1) is 10.5. The van der Waals surface area contributed by atoms with Gasteiger partial charge in [-0.1, -0.05) is 0 Å². The van der Waals surface area contributed by atoms with E-state index in [0.29, 0.717) is 11.3 Å². The lowest BCUT2D eigenvalue weighted by molar-refractivity contribution is 0.0296. The maximum atomic E-state index is 11.3. The fourth-order valence-electron chi connectivity index (χ4n) is 0.899. The van der Waals surface area contributed by atoms with E-state index in [1.165, 1.54) is 0 Å². The van der Waals surface area contributed by atoms with E-state index in [-0.39, 0.29) is 6.61 Å². The van der Waals surface area contributed by atoms with E-state index in [9.17, 15) is 4.79 Å². The summed E-state index contributed by atoms with van der Waals surface area (Å²) >= 11 is 0. The Morgan fingerprint density at radius 3 is 2.57 bits per heavy atom.